The maximum absolute atomic E-state index is 12.7. The van der Waals surface area contributed by atoms with Crippen molar-refractivity contribution in [3.63, 3.8) is 0 Å². The Labute approximate surface area is 185 Å². The zero-order valence-electron chi connectivity index (χ0n) is 16.8. The number of hydrogen-bond donors (Lipinski definition) is 2. The van der Waals surface area contributed by atoms with Crippen molar-refractivity contribution in [1.82, 2.24) is 19.7 Å². The van der Waals surface area contributed by atoms with Gasteiger partial charge in [0.05, 0.1) is 10.6 Å². The fraction of sp³-hybridized carbons (Fsp3) is 0.450. The molecule has 0 radical (unpaired) electrons. The van der Waals surface area contributed by atoms with Gasteiger partial charge in [-0.05, 0) is 49.7 Å². The molecule has 0 unspecified atom stereocenters. The van der Waals surface area contributed by atoms with Crippen molar-refractivity contribution in [3.8, 4) is 10.8 Å². The number of carbonyl (C=O) groups is 1. The van der Waals surface area contributed by atoms with E-state index in [1.165, 1.54) is 21.4 Å². The third kappa shape index (κ3) is 3.87. The lowest BCUT2D eigenvalue weighted by molar-refractivity contribution is 0.102. The quantitative estimate of drug-likeness (QED) is 0.424. The van der Waals surface area contributed by atoms with E-state index in [4.69, 9.17) is 10.2 Å². The van der Waals surface area contributed by atoms with E-state index < -0.39 is 17.0 Å². The molecule has 1 atom stereocenters. The van der Waals surface area contributed by atoms with Gasteiger partial charge in [0, 0.05) is 10.9 Å². The first-order chi connectivity index (χ1) is 14.9. The predicted molar refractivity (Wildman–Crippen MR) is 118 cm³/mol. The lowest BCUT2D eigenvalue weighted by Gasteiger charge is -2.16. The van der Waals surface area contributed by atoms with Crippen molar-refractivity contribution in [3.05, 3.63) is 42.9 Å². The van der Waals surface area contributed by atoms with Crippen LogP contribution in [0.1, 0.15) is 53.0 Å². The average Bonchev–Trinajstić information content (AvgIpc) is 3.27. The summed E-state index contributed by atoms with van der Waals surface area (Å²) in [5.41, 5.74) is 5.80. The molecule has 11 heteroatoms. The first kappa shape index (κ1) is 20.3. The fourth-order valence-electron chi connectivity index (χ4n) is 3.91. The summed E-state index contributed by atoms with van der Waals surface area (Å²) in [6, 6.07) is 2.06. The highest BCUT2D eigenvalue weighted by atomic mass is 32.2. The Balaban J connectivity index is 1.31. The van der Waals surface area contributed by atoms with Crippen LogP contribution in [-0.2, 0) is 12.8 Å². The molecule has 0 aromatic carbocycles. The number of rotatable bonds is 6. The Morgan fingerprint density at radius 2 is 2.16 bits per heavy atom. The molecule has 9 nitrogen and oxygen atoms in total. The van der Waals surface area contributed by atoms with Crippen molar-refractivity contribution in [2.45, 2.75) is 50.3 Å². The minimum atomic E-state index is -0.769. The van der Waals surface area contributed by atoms with Crippen LogP contribution >= 0.6 is 23.1 Å². The largest absolute Gasteiger partial charge is 0.410 e. The van der Waals surface area contributed by atoms with Gasteiger partial charge >= 0.3 is 5.69 Å². The van der Waals surface area contributed by atoms with Crippen molar-refractivity contribution in [2.75, 3.05) is 11.5 Å². The summed E-state index contributed by atoms with van der Waals surface area (Å²) in [7, 11) is 0. The summed E-state index contributed by atoms with van der Waals surface area (Å²) < 4.78 is 7.03. The Bertz CT molecular complexity index is 1280. The van der Waals surface area contributed by atoms with Gasteiger partial charge in [-0.15, -0.1) is 21.5 Å². The molecule has 3 heterocycles. The second-order valence-corrected chi connectivity index (χ2v) is 10.2. The molecule has 0 spiro atoms. The van der Waals surface area contributed by atoms with Crippen LogP contribution < -0.4 is 17.0 Å². The number of aromatic nitrogens is 4. The number of H-pyrrole nitrogens is 1. The van der Waals surface area contributed by atoms with E-state index >= 15 is 0 Å². The van der Waals surface area contributed by atoms with Crippen LogP contribution in [-0.4, -0.2) is 31.3 Å². The van der Waals surface area contributed by atoms with Gasteiger partial charge in [0.1, 0.15) is 11.4 Å². The number of nitrogens with two attached hydrogens (primary N) is 1. The highest BCUT2D eigenvalue weighted by Gasteiger charge is 2.30. The van der Waals surface area contributed by atoms with Crippen LogP contribution in [0.2, 0.25) is 0 Å². The standard InChI is InChI=1S/C20H21N5O4S2/c1-9-2-5-13-10(6-9)7-14(31-13)18-23-24-20(29-18)30-8-12(26)15-16(21)25(11-3-4-11)19(28)22-17(15)27/h7,9,11H,2-6,8,21H2,1H3,(H,22,27,28)/t9-/m1/s1. The molecule has 0 amide bonds. The van der Waals surface area contributed by atoms with E-state index in [0.29, 0.717) is 11.8 Å². The molecule has 0 saturated heterocycles. The van der Waals surface area contributed by atoms with Gasteiger partial charge in [0.15, 0.2) is 5.78 Å². The monoisotopic (exact) mass is 459 g/mol. The SMILES string of the molecule is C[C@@H]1CCc2sc(-c3nnc(SCC(=O)c4c(N)n(C5CC5)c(=O)[nH]c4=O)o3)cc2C1. The Kier molecular flexibility index (Phi) is 5.09. The first-order valence-electron chi connectivity index (χ1n) is 10.2. The number of hydrogen-bond acceptors (Lipinski definition) is 9. The van der Waals surface area contributed by atoms with Crippen LogP contribution in [0.25, 0.3) is 10.8 Å². The van der Waals surface area contributed by atoms with Crippen LogP contribution in [0, 0.1) is 5.92 Å². The fourth-order valence-corrected chi connectivity index (χ4v) is 5.67. The lowest BCUT2D eigenvalue weighted by atomic mass is 9.90. The molecule has 5 rings (SSSR count). The number of anilines is 1. The summed E-state index contributed by atoms with van der Waals surface area (Å²) in [5, 5.41) is 8.38. The maximum atomic E-state index is 12.7. The van der Waals surface area contributed by atoms with Gasteiger partial charge in [-0.2, -0.15) is 0 Å². The third-order valence-electron chi connectivity index (χ3n) is 5.65. The zero-order valence-corrected chi connectivity index (χ0v) is 18.5. The Morgan fingerprint density at radius 1 is 1.35 bits per heavy atom. The molecule has 1 saturated carbocycles. The molecule has 3 aromatic rings. The molecule has 2 aliphatic rings. The summed E-state index contributed by atoms with van der Waals surface area (Å²) >= 11 is 2.72. The number of aryl methyl sites for hydroxylation is 1. The number of carbonyl (C=O) groups excluding carboxylic acids is 1. The molecular formula is C20H21N5O4S2. The average molecular weight is 460 g/mol. The van der Waals surface area contributed by atoms with E-state index in [0.717, 1.165) is 42.3 Å². The topological polar surface area (TPSA) is 137 Å². The van der Waals surface area contributed by atoms with Gasteiger partial charge in [-0.3, -0.25) is 19.1 Å². The van der Waals surface area contributed by atoms with Crippen molar-refractivity contribution < 1.29 is 9.21 Å². The van der Waals surface area contributed by atoms with E-state index in [1.54, 1.807) is 11.3 Å². The Hall–Kier alpha value is -2.66. The molecule has 162 valence electrons. The summed E-state index contributed by atoms with van der Waals surface area (Å²) in [4.78, 5) is 41.4. The maximum Gasteiger partial charge on any atom is 0.330 e. The van der Waals surface area contributed by atoms with Gasteiger partial charge < -0.3 is 10.2 Å². The number of fused-ring (bicyclic) bond motifs is 1. The number of thiophene rings is 1. The minimum Gasteiger partial charge on any atom is -0.410 e. The first-order valence-corrected chi connectivity index (χ1v) is 12.0. The van der Waals surface area contributed by atoms with E-state index in [1.807, 2.05) is 0 Å². The number of nitrogens with zero attached hydrogens (tertiary/aromatic N) is 3. The van der Waals surface area contributed by atoms with E-state index in [2.05, 4.69) is 28.2 Å². The normalized spacial score (nSPS) is 18.2. The number of aromatic amines is 1. The number of ketones is 1. The van der Waals surface area contributed by atoms with Crippen molar-refractivity contribution in [1.29, 1.82) is 0 Å². The smallest absolute Gasteiger partial charge is 0.330 e. The van der Waals surface area contributed by atoms with Gasteiger partial charge in [0.2, 0.25) is 0 Å². The molecule has 3 aromatic heterocycles. The van der Waals surface area contributed by atoms with Crippen LogP contribution in [0.5, 0.6) is 0 Å². The van der Waals surface area contributed by atoms with Crippen LogP contribution in [0.4, 0.5) is 5.82 Å². The summed E-state index contributed by atoms with van der Waals surface area (Å²) in [6.45, 7) is 2.26. The van der Waals surface area contributed by atoms with Gasteiger partial charge in [0.25, 0.3) is 16.7 Å². The predicted octanol–water partition coefficient (Wildman–Crippen LogP) is 2.67. The van der Waals surface area contributed by atoms with E-state index in [-0.39, 0.29) is 28.4 Å². The lowest BCUT2D eigenvalue weighted by Crippen LogP contribution is -2.36. The zero-order chi connectivity index (χ0) is 21.7. The number of nitrogen functional groups attached to an aromatic ring is 1. The van der Waals surface area contributed by atoms with Crippen molar-refractivity contribution in [2.24, 2.45) is 5.92 Å². The van der Waals surface area contributed by atoms with Crippen LogP contribution in [0.15, 0.2) is 25.3 Å². The summed E-state index contributed by atoms with van der Waals surface area (Å²) in [6.07, 6.45) is 4.93. The highest BCUT2D eigenvalue weighted by Crippen LogP contribution is 2.38. The minimum absolute atomic E-state index is 0.0540. The Morgan fingerprint density at radius 3 is 2.94 bits per heavy atom. The van der Waals surface area contributed by atoms with Crippen LogP contribution in [0.3, 0.4) is 0 Å². The molecule has 2 aliphatic carbocycles. The number of Topliss-reactive ketones (excluding diaryl/α,β-unsaturated/α-hetero) is 1. The second-order valence-electron chi connectivity index (χ2n) is 8.11. The molecular weight excluding hydrogens is 438 g/mol. The number of nitrogens with one attached hydrogen (secondary N) is 1. The second kappa shape index (κ2) is 7.79. The molecule has 3 N–H and O–H groups in total. The molecule has 0 aliphatic heterocycles. The molecule has 31 heavy (non-hydrogen) atoms. The molecule has 1 fully saturated rings. The number of thioether (sulfide) groups is 1. The van der Waals surface area contributed by atoms with Gasteiger partial charge in [-0.1, -0.05) is 18.7 Å². The van der Waals surface area contributed by atoms with E-state index in [9.17, 15) is 14.4 Å². The molecule has 0 bridgehead atoms. The van der Waals surface area contributed by atoms with Crippen molar-refractivity contribution >= 4 is 34.7 Å². The third-order valence-corrected chi connectivity index (χ3v) is 7.69. The van der Waals surface area contributed by atoms with Gasteiger partial charge in [-0.25, -0.2) is 4.79 Å². The summed E-state index contributed by atoms with van der Waals surface area (Å²) in [5.74, 6) is 0.446. The highest BCUT2D eigenvalue weighted by molar-refractivity contribution is 7.99.